The topological polar surface area (TPSA) is 77.1 Å². The third kappa shape index (κ3) is 2.98. The zero-order valence-electron chi connectivity index (χ0n) is 15.5. The highest BCUT2D eigenvalue weighted by Gasteiger charge is 2.37. The van der Waals surface area contributed by atoms with Crippen LogP contribution in [0.3, 0.4) is 0 Å². The number of amides is 1. The normalized spacial score (nSPS) is 15.9. The van der Waals surface area contributed by atoms with Crippen LogP contribution in [0.1, 0.15) is 34.2 Å². The number of fused-ring (bicyclic) bond motifs is 2. The first kappa shape index (κ1) is 17.9. The van der Waals surface area contributed by atoms with Gasteiger partial charge in [0.15, 0.2) is 5.76 Å². The maximum atomic E-state index is 13.3. The number of nitrogens with zero attached hydrogens (tertiary/aromatic N) is 2. The number of rotatable bonds is 3. The summed E-state index contributed by atoms with van der Waals surface area (Å²) in [7, 11) is 0. The molecule has 2 aromatic heterocycles. The molecule has 0 fully saturated rings. The number of nitrogens with one attached hydrogen (secondary N) is 1. The number of Topliss-reactive ketones (excluding diaryl/α,β-unsaturated/α-hetero) is 1. The Balaban J connectivity index is 1.61. The highest BCUT2D eigenvalue weighted by atomic mass is 79.9. The van der Waals surface area contributed by atoms with Gasteiger partial charge in [-0.3, -0.25) is 9.59 Å². The van der Waals surface area contributed by atoms with E-state index in [-0.39, 0.29) is 23.9 Å². The molecule has 0 unspecified atom stereocenters. The van der Waals surface area contributed by atoms with Crippen molar-refractivity contribution in [1.82, 2.24) is 9.78 Å². The quantitative estimate of drug-likeness (QED) is 0.446. The summed E-state index contributed by atoms with van der Waals surface area (Å²) in [5, 5.41) is 8.35. The highest BCUT2D eigenvalue weighted by Crippen LogP contribution is 2.39. The van der Waals surface area contributed by atoms with Gasteiger partial charge in [0.25, 0.3) is 0 Å². The molecule has 1 amide bonds. The Hall–Kier alpha value is -3.19. The largest absolute Gasteiger partial charge is 0.453 e. The van der Waals surface area contributed by atoms with Crippen LogP contribution in [0.5, 0.6) is 0 Å². The van der Waals surface area contributed by atoms with E-state index >= 15 is 0 Å². The molecule has 144 valence electrons. The van der Waals surface area contributed by atoms with Crippen molar-refractivity contribution in [3.8, 4) is 5.69 Å². The van der Waals surface area contributed by atoms with Gasteiger partial charge < -0.3 is 9.73 Å². The van der Waals surface area contributed by atoms with E-state index in [1.165, 1.54) is 0 Å². The fraction of sp³-hybridized carbons (Fsp3) is 0.136. The van der Waals surface area contributed by atoms with Crippen LogP contribution in [0.25, 0.3) is 16.7 Å². The Bertz CT molecular complexity index is 1240. The second-order valence-corrected chi connectivity index (χ2v) is 7.97. The van der Waals surface area contributed by atoms with Crippen LogP contribution >= 0.6 is 15.9 Å². The maximum absolute atomic E-state index is 13.3. The zero-order chi connectivity index (χ0) is 20.1. The van der Waals surface area contributed by atoms with E-state index in [1.807, 2.05) is 55.5 Å². The molecule has 1 atom stereocenters. The van der Waals surface area contributed by atoms with Crippen LogP contribution in [0, 0.1) is 6.92 Å². The average Bonchev–Trinajstić information content (AvgIpc) is 3.29. The first-order valence-electron chi connectivity index (χ1n) is 9.19. The first-order chi connectivity index (χ1) is 14.0. The van der Waals surface area contributed by atoms with E-state index in [2.05, 4.69) is 26.3 Å². The summed E-state index contributed by atoms with van der Waals surface area (Å²) < 4.78 is 8.38. The van der Waals surface area contributed by atoms with Crippen molar-refractivity contribution in [2.45, 2.75) is 19.3 Å². The predicted molar refractivity (Wildman–Crippen MR) is 113 cm³/mol. The van der Waals surface area contributed by atoms with E-state index in [1.54, 1.807) is 10.7 Å². The third-order valence-corrected chi connectivity index (χ3v) is 5.69. The van der Waals surface area contributed by atoms with Crippen LogP contribution in [0.2, 0.25) is 0 Å². The molecule has 29 heavy (non-hydrogen) atoms. The number of carbonyl (C=O) groups excluding carboxylic acids is 2. The molecular weight excluding hydrogens is 434 g/mol. The van der Waals surface area contributed by atoms with Gasteiger partial charge in [0.2, 0.25) is 11.7 Å². The minimum atomic E-state index is -0.636. The van der Waals surface area contributed by atoms with E-state index < -0.39 is 5.92 Å². The van der Waals surface area contributed by atoms with Gasteiger partial charge >= 0.3 is 0 Å². The van der Waals surface area contributed by atoms with Gasteiger partial charge in [0.05, 0.1) is 17.3 Å². The number of aromatic nitrogens is 2. The van der Waals surface area contributed by atoms with E-state index in [4.69, 9.17) is 4.42 Å². The Labute approximate surface area is 174 Å². The van der Waals surface area contributed by atoms with Gasteiger partial charge in [-0.2, -0.15) is 5.10 Å². The van der Waals surface area contributed by atoms with Crippen molar-refractivity contribution < 1.29 is 14.0 Å². The Kier molecular flexibility index (Phi) is 4.13. The molecule has 0 aliphatic carbocycles. The molecule has 7 heteroatoms. The number of aryl methyl sites for hydroxylation is 1. The van der Waals surface area contributed by atoms with Gasteiger partial charge in [-0.05, 0) is 43.3 Å². The van der Waals surface area contributed by atoms with Crippen LogP contribution in [0.15, 0.2) is 63.5 Å². The van der Waals surface area contributed by atoms with Crippen LogP contribution in [0.4, 0.5) is 5.82 Å². The van der Waals surface area contributed by atoms with Gasteiger partial charge in [-0.1, -0.05) is 34.1 Å². The molecule has 1 aliphatic rings. The molecule has 3 heterocycles. The van der Waals surface area contributed by atoms with E-state index in [0.29, 0.717) is 17.1 Å². The summed E-state index contributed by atoms with van der Waals surface area (Å²) in [6.07, 6.45) is 0.0652. The lowest BCUT2D eigenvalue weighted by Crippen LogP contribution is -2.28. The average molecular weight is 450 g/mol. The molecule has 6 nitrogen and oxygen atoms in total. The van der Waals surface area contributed by atoms with E-state index in [0.717, 1.165) is 21.1 Å². The minimum Gasteiger partial charge on any atom is -0.453 e. The summed E-state index contributed by atoms with van der Waals surface area (Å²) in [5.74, 6) is -0.271. The molecule has 2 aromatic carbocycles. The molecule has 4 aromatic rings. The van der Waals surface area contributed by atoms with Crippen LogP contribution in [-0.2, 0) is 4.79 Å². The molecule has 0 saturated carbocycles. The van der Waals surface area contributed by atoms with E-state index in [9.17, 15) is 9.59 Å². The summed E-state index contributed by atoms with van der Waals surface area (Å²) in [6.45, 7) is 1.85. The monoisotopic (exact) mass is 449 g/mol. The van der Waals surface area contributed by atoms with Crippen molar-refractivity contribution in [2.24, 2.45) is 0 Å². The number of carbonyl (C=O) groups is 2. The third-order valence-electron chi connectivity index (χ3n) is 5.16. The Morgan fingerprint density at radius 2 is 1.97 bits per heavy atom. The molecule has 0 saturated heterocycles. The number of anilines is 1. The van der Waals surface area contributed by atoms with Crippen LogP contribution in [-0.4, -0.2) is 21.5 Å². The smallest absolute Gasteiger partial charge is 0.226 e. The van der Waals surface area contributed by atoms with Crippen molar-refractivity contribution in [2.75, 3.05) is 5.32 Å². The fourth-order valence-electron chi connectivity index (χ4n) is 3.82. The molecule has 0 bridgehead atoms. The van der Waals surface area contributed by atoms with Crippen molar-refractivity contribution in [3.05, 3.63) is 76.1 Å². The number of para-hydroxylation sites is 1. The van der Waals surface area contributed by atoms with Crippen molar-refractivity contribution in [1.29, 1.82) is 0 Å². The molecule has 5 rings (SSSR count). The standard InChI is InChI=1S/C22H16BrN3O3/c1-12-20-16(21(28)18-10-13-4-2-3-5-17(13)29-18)11-19(27)24-22(20)26(25-12)15-8-6-14(23)7-9-15/h2-10,16H,11H2,1H3,(H,24,27)/t16-/m0/s1. The molecule has 1 aliphatic heterocycles. The molecule has 0 radical (unpaired) electrons. The fourth-order valence-corrected chi connectivity index (χ4v) is 4.08. The Morgan fingerprint density at radius 1 is 1.21 bits per heavy atom. The number of benzene rings is 2. The summed E-state index contributed by atoms with van der Waals surface area (Å²) in [4.78, 5) is 25.8. The molecule has 1 N–H and O–H groups in total. The number of ketones is 1. The minimum absolute atomic E-state index is 0.0652. The Morgan fingerprint density at radius 3 is 2.72 bits per heavy atom. The number of furan rings is 1. The molecular formula is C22H16BrN3O3. The van der Waals surface area contributed by atoms with Crippen molar-refractivity contribution >= 4 is 44.4 Å². The summed E-state index contributed by atoms with van der Waals surface area (Å²) in [5.41, 5.74) is 2.89. The van der Waals surface area contributed by atoms with Crippen molar-refractivity contribution in [3.63, 3.8) is 0 Å². The zero-order valence-corrected chi connectivity index (χ0v) is 17.1. The highest BCUT2D eigenvalue weighted by molar-refractivity contribution is 9.10. The lowest BCUT2D eigenvalue weighted by atomic mass is 9.87. The second kappa shape index (κ2) is 6.70. The number of hydrogen-bond donors (Lipinski definition) is 1. The van der Waals surface area contributed by atoms with Crippen LogP contribution < -0.4 is 5.32 Å². The van der Waals surface area contributed by atoms with Gasteiger partial charge in [0.1, 0.15) is 11.4 Å². The lowest BCUT2D eigenvalue weighted by molar-refractivity contribution is -0.116. The second-order valence-electron chi connectivity index (χ2n) is 7.05. The van der Waals surface area contributed by atoms with Gasteiger partial charge in [-0.15, -0.1) is 0 Å². The summed E-state index contributed by atoms with van der Waals surface area (Å²) in [6, 6.07) is 16.8. The lowest BCUT2D eigenvalue weighted by Gasteiger charge is -2.22. The number of halogens is 1. The van der Waals surface area contributed by atoms with Gasteiger partial charge in [-0.25, -0.2) is 4.68 Å². The number of hydrogen-bond acceptors (Lipinski definition) is 4. The maximum Gasteiger partial charge on any atom is 0.226 e. The predicted octanol–water partition coefficient (Wildman–Crippen LogP) is 5.00. The SMILES string of the molecule is Cc1nn(-c2ccc(Br)cc2)c2c1[C@@H](C(=O)c1cc3ccccc3o1)CC(=O)N2. The van der Waals surface area contributed by atoms with Gasteiger partial charge in [0, 0.05) is 21.8 Å². The summed E-state index contributed by atoms with van der Waals surface area (Å²) >= 11 is 3.42. The first-order valence-corrected chi connectivity index (χ1v) is 9.98. The molecule has 0 spiro atoms.